The van der Waals surface area contributed by atoms with Crippen LogP contribution < -0.4 is 5.32 Å². The van der Waals surface area contributed by atoms with Crippen LogP contribution in [0.5, 0.6) is 0 Å². The molecule has 6 nitrogen and oxygen atoms in total. The summed E-state index contributed by atoms with van der Waals surface area (Å²) in [6.07, 6.45) is -0.534. The van der Waals surface area contributed by atoms with Gasteiger partial charge in [0.2, 0.25) is 0 Å². The van der Waals surface area contributed by atoms with Gasteiger partial charge in [0.1, 0.15) is 0 Å². The van der Waals surface area contributed by atoms with Gasteiger partial charge in [0, 0.05) is 13.2 Å². The fourth-order valence-corrected chi connectivity index (χ4v) is 0.983. The zero-order valence-corrected chi connectivity index (χ0v) is 9.95. The summed E-state index contributed by atoms with van der Waals surface area (Å²) >= 11 is 0. The molecule has 0 fully saturated rings. The SMILES string of the molecule is CCOC(=O)C(=O)NCC(OCC)OCC. The van der Waals surface area contributed by atoms with Crippen LogP contribution in [0, 0.1) is 0 Å². The van der Waals surface area contributed by atoms with Crippen molar-refractivity contribution in [1.82, 2.24) is 5.32 Å². The standard InChI is InChI=1S/C10H19NO5/c1-4-14-8(15-5-2)7-11-9(12)10(13)16-6-3/h8H,4-7H2,1-3H3,(H,11,12). The minimum atomic E-state index is -0.894. The third-order valence-electron chi connectivity index (χ3n) is 1.60. The molecule has 0 unspecified atom stereocenters. The smallest absolute Gasteiger partial charge is 0.396 e. The van der Waals surface area contributed by atoms with Gasteiger partial charge in [-0.1, -0.05) is 0 Å². The number of ether oxygens (including phenoxy) is 3. The summed E-state index contributed by atoms with van der Waals surface area (Å²) in [5.41, 5.74) is 0. The van der Waals surface area contributed by atoms with Gasteiger partial charge in [0.15, 0.2) is 6.29 Å². The summed E-state index contributed by atoms with van der Waals surface area (Å²) < 4.78 is 14.9. The largest absolute Gasteiger partial charge is 0.459 e. The van der Waals surface area contributed by atoms with E-state index in [-0.39, 0.29) is 13.2 Å². The van der Waals surface area contributed by atoms with Crippen molar-refractivity contribution in [2.75, 3.05) is 26.4 Å². The average molecular weight is 233 g/mol. The molecule has 0 aromatic carbocycles. The molecule has 0 aliphatic heterocycles. The van der Waals surface area contributed by atoms with Crippen molar-refractivity contribution in [3.05, 3.63) is 0 Å². The molecule has 94 valence electrons. The van der Waals surface area contributed by atoms with E-state index in [1.165, 1.54) is 0 Å². The monoisotopic (exact) mass is 233 g/mol. The number of esters is 1. The molecule has 0 radical (unpaired) electrons. The number of nitrogens with one attached hydrogen (secondary N) is 1. The predicted octanol–water partition coefficient (Wildman–Crippen LogP) is 0.0648. The maximum atomic E-state index is 11.1. The predicted molar refractivity (Wildman–Crippen MR) is 56.7 cm³/mol. The Kier molecular flexibility index (Phi) is 8.46. The third kappa shape index (κ3) is 6.36. The molecule has 0 spiro atoms. The highest BCUT2D eigenvalue weighted by atomic mass is 16.7. The van der Waals surface area contributed by atoms with E-state index in [0.717, 1.165) is 0 Å². The molecule has 0 aromatic heterocycles. The quantitative estimate of drug-likeness (QED) is 0.382. The van der Waals surface area contributed by atoms with Gasteiger partial charge in [-0.2, -0.15) is 0 Å². The molecule has 0 rings (SSSR count). The Morgan fingerprint density at radius 3 is 2.06 bits per heavy atom. The summed E-state index contributed by atoms with van der Waals surface area (Å²) in [4.78, 5) is 22.1. The summed E-state index contributed by atoms with van der Waals surface area (Å²) in [7, 11) is 0. The van der Waals surface area contributed by atoms with Gasteiger partial charge in [0.25, 0.3) is 0 Å². The molecule has 0 saturated heterocycles. The first-order valence-electron chi connectivity index (χ1n) is 5.33. The third-order valence-corrected chi connectivity index (χ3v) is 1.60. The van der Waals surface area contributed by atoms with Crippen LogP contribution >= 0.6 is 0 Å². The topological polar surface area (TPSA) is 73.9 Å². The van der Waals surface area contributed by atoms with Crippen molar-refractivity contribution in [3.8, 4) is 0 Å². The van der Waals surface area contributed by atoms with Gasteiger partial charge in [-0.05, 0) is 20.8 Å². The minimum Gasteiger partial charge on any atom is -0.459 e. The van der Waals surface area contributed by atoms with Crippen LogP contribution in [-0.4, -0.2) is 44.5 Å². The summed E-state index contributed by atoms with van der Waals surface area (Å²) in [5, 5.41) is 2.37. The van der Waals surface area contributed by atoms with Crippen molar-refractivity contribution >= 4 is 11.9 Å². The molecular weight excluding hydrogens is 214 g/mol. The van der Waals surface area contributed by atoms with Crippen LogP contribution in [0.2, 0.25) is 0 Å². The zero-order chi connectivity index (χ0) is 12.4. The van der Waals surface area contributed by atoms with E-state index in [0.29, 0.717) is 13.2 Å². The Hall–Kier alpha value is -1.14. The van der Waals surface area contributed by atoms with E-state index in [1.807, 2.05) is 13.8 Å². The molecule has 0 bridgehead atoms. The Balaban J connectivity index is 3.89. The van der Waals surface area contributed by atoms with Crippen LogP contribution in [0.4, 0.5) is 0 Å². The van der Waals surface area contributed by atoms with E-state index in [1.54, 1.807) is 6.92 Å². The van der Waals surface area contributed by atoms with Gasteiger partial charge < -0.3 is 19.5 Å². The summed E-state index contributed by atoms with van der Waals surface area (Å²) in [5.74, 6) is -1.68. The van der Waals surface area contributed by atoms with Crippen LogP contribution in [0.25, 0.3) is 0 Å². The van der Waals surface area contributed by atoms with Crippen LogP contribution in [0.1, 0.15) is 20.8 Å². The zero-order valence-electron chi connectivity index (χ0n) is 9.95. The van der Waals surface area contributed by atoms with E-state index >= 15 is 0 Å². The van der Waals surface area contributed by atoms with Crippen LogP contribution in [0.3, 0.4) is 0 Å². The molecule has 0 aromatic rings. The Morgan fingerprint density at radius 2 is 1.62 bits per heavy atom. The van der Waals surface area contributed by atoms with Gasteiger partial charge in [0.05, 0.1) is 13.2 Å². The fraction of sp³-hybridized carbons (Fsp3) is 0.800. The highest BCUT2D eigenvalue weighted by Crippen LogP contribution is 1.93. The molecule has 1 N–H and O–H groups in total. The van der Waals surface area contributed by atoms with Crippen molar-refractivity contribution in [2.45, 2.75) is 27.1 Å². The van der Waals surface area contributed by atoms with Gasteiger partial charge in [-0.15, -0.1) is 0 Å². The summed E-state index contributed by atoms with van der Waals surface area (Å²) in [6.45, 7) is 6.51. The molecule has 16 heavy (non-hydrogen) atoms. The maximum absolute atomic E-state index is 11.1. The lowest BCUT2D eigenvalue weighted by Crippen LogP contribution is -2.39. The van der Waals surface area contributed by atoms with Crippen molar-refractivity contribution in [2.24, 2.45) is 0 Å². The van der Waals surface area contributed by atoms with Crippen molar-refractivity contribution in [1.29, 1.82) is 0 Å². The Labute approximate surface area is 95.2 Å². The molecule has 0 heterocycles. The molecule has 0 atom stereocenters. The lowest BCUT2D eigenvalue weighted by molar-refractivity contribution is -0.157. The van der Waals surface area contributed by atoms with E-state index in [9.17, 15) is 9.59 Å². The molecule has 0 aliphatic carbocycles. The van der Waals surface area contributed by atoms with Crippen molar-refractivity contribution < 1.29 is 23.8 Å². The Morgan fingerprint density at radius 1 is 1.06 bits per heavy atom. The normalized spacial score (nSPS) is 10.2. The second-order valence-corrected chi connectivity index (χ2v) is 2.77. The lowest BCUT2D eigenvalue weighted by atomic mass is 10.5. The maximum Gasteiger partial charge on any atom is 0.396 e. The van der Waals surface area contributed by atoms with Crippen LogP contribution in [-0.2, 0) is 23.8 Å². The highest BCUT2D eigenvalue weighted by molar-refractivity contribution is 6.32. The summed E-state index contributed by atoms with van der Waals surface area (Å²) in [6, 6.07) is 0. The number of hydrogen-bond acceptors (Lipinski definition) is 5. The molecule has 0 aliphatic rings. The average Bonchev–Trinajstić information content (AvgIpc) is 2.26. The van der Waals surface area contributed by atoms with Crippen LogP contribution in [0.15, 0.2) is 0 Å². The van der Waals surface area contributed by atoms with E-state index < -0.39 is 18.2 Å². The lowest BCUT2D eigenvalue weighted by Gasteiger charge is -2.16. The first-order chi connectivity index (χ1) is 7.65. The number of carbonyl (C=O) groups excluding carboxylic acids is 2. The first kappa shape index (κ1) is 14.9. The molecule has 0 saturated carbocycles. The van der Waals surface area contributed by atoms with Crippen molar-refractivity contribution in [3.63, 3.8) is 0 Å². The second kappa shape index (κ2) is 9.11. The fourth-order valence-electron chi connectivity index (χ4n) is 0.983. The number of hydrogen-bond donors (Lipinski definition) is 1. The molecular formula is C10H19NO5. The van der Waals surface area contributed by atoms with E-state index in [4.69, 9.17) is 9.47 Å². The van der Waals surface area contributed by atoms with Gasteiger partial charge in [-0.25, -0.2) is 4.79 Å². The van der Waals surface area contributed by atoms with E-state index in [2.05, 4.69) is 10.1 Å². The number of rotatable bonds is 7. The number of carbonyl (C=O) groups is 2. The first-order valence-corrected chi connectivity index (χ1v) is 5.33. The highest BCUT2D eigenvalue weighted by Gasteiger charge is 2.16. The minimum absolute atomic E-state index is 0.124. The van der Waals surface area contributed by atoms with Gasteiger partial charge >= 0.3 is 11.9 Å². The molecule has 6 heteroatoms. The second-order valence-electron chi connectivity index (χ2n) is 2.77. The van der Waals surface area contributed by atoms with Gasteiger partial charge in [-0.3, -0.25) is 4.79 Å². The molecule has 1 amide bonds. The Bertz CT molecular complexity index is 213. The number of amides is 1.